The fourth-order valence-corrected chi connectivity index (χ4v) is 9.76. The number of carbonyl (C=O) groups excluding carboxylic acids is 4. The van der Waals surface area contributed by atoms with Crippen molar-refractivity contribution in [2.24, 2.45) is 0 Å². The number of hydrogen-bond donors (Lipinski definition) is 9. The molecule has 2 fully saturated rings. The normalized spacial score (nSPS) is 23.3. The molecule has 2 saturated heterocycles. The van der Waals surface area contributed by atoms with E-state index in [1.807, 2.05) is 0 Å². The summed E-state index contributed by atoms with van der Waals surface area (Å²) in [7, 11) is -10.3. The molecule has 4 aromatic rings. The van der Waals surface area contributed by atoms with Gasteiger partial charge >= 0.3 is 21.2 Å². The number of nitrogens with zero attached hydrogens (tertiary/aromatic N) is 4. The van der Waals surface area contributed by atoms with Gasteiger partial charge in [-0.25, -0.2) is 23.2 Å². The highest BCUT2D eigenvalue weighted by molar-refractivity contribution is 7.62. The Morgan fingerprint density at radius 2 is 1.82 bits per heavy atom. The molecule has 3 unspecified atom stereocenters. The highest BCUT2D eigenvalue weighted by Gasteiger charge is 2.48. The van der Waals surface area contributed by atoms with Crippen molar-refractivity contribution >= 4 is 62.0 Å². The van der Waals surface area contributed by atoms with Crippen LogP contribution in [0.3, 0.4) is 0 Å². The van der Waals surface area contributed by atoms with E-state index in [9.17, 15) is 57.5 Å². The predicted molar refractivity (Wildman–Crippen MR) is 211 cm³/mol. The van der Waals surface area contributed by atoms with E-state index in [2.05, 4.69) is 30.0 Å². The van der Waals surface area contributed by atoms with Gasteiger partial charge in [-0.1, -0.05) is 29.6 Å². The van der Waals surface area contributed by atoms with Crippen LogP contribution >= 0.6 is 15.6 Å². The van der Waals surface area contributed by atoms with Crippen molar-refractivity contribution in [1.82, 2.24) is 29.8 Å². The second kappa shape index (κ2) is 18.2. The number of imide groups is 1. The lowest BCUT2D eigenvalue weighted by Gasteiger charge is -2.29. The number of nitrogens with one attached hydrogen (secondary N) is 4. The Morgan fingerprint density at radius 1 is 1.06 bits per heavy atom. The second-order valence-electron chi connectivity index (χ2n) is 14.8. The number of carbonyl (C=O) groups is 4. The van der Waals surface area contributed by atoms with Gasteiger partial charge in [0, 0.05) is 42.7 Å². The van der Waals surface area contributed by atoms with Crippen LogP contribution in [0.5, 0.6) is 0 Å². The number of anilines is 2. The first kappa shape index (κ1) is 44.8. The average molecular weight is 907 g/mol. The molecule has 2 aromatic heterocycles. The first-order chi connectivity index (χ1) is 29.4. The van der Waals surface area contributed by atoms with Crippen LogP contribution < -0.4 is 31.6 Å². The number of unbranched alkanes of at least 4 members (excludes halogenated alkanes) is 2. The molecule has 5 heterocycles. The maximum Gasteiger partial charge on any atom is 0.480 e. The van der Waals surface area contributed by atoms with E-state index < -0.39 is 75.9 Å². The summed E-state index contributed by atoms with van der Waals surface area (Å²) in [4.78, 5) is 91.1. The molecular weight excluding hydrogens is 863 g/mol. The summed E-state index contributed by atoms with van der Waals surface area (Å²) in [5, 5.41) is 28.9. The Bertz CT molecular complexity index is 2560. The molecule has 4 amide bonds. The number of fused-ring (bicyclic) bond motifs is 2. The van der Waals surface area contributed by atoms with Crippen LogP contribution in [0.4, 0.5) is 16.0 Å². The van der Waals surface area contributed by atoms with Crippen LogP contribution in [0.25, 0.3) is 11.2 Å². The fourth-order valence-electron chi connectivity index (χ4n) is 7.45. The van der Waals surface area contributed by atoms with E-state index in [1.54, 1.807) is 18.2 Å². The van der Waals surface area contributed by atoms with Gasteiger partial charge in [0.1, 0.15) is 30.2 Å². The first-order valence-corrected chi connectivity index (χ1v) is 22.4. The second-order valence-corrected chi connectivity index (χ2v) is 18.0. The Kier molecular flexibility index (Phi) is 13.2. The Hall–Kier alpha value is -5.26. The van der Waals surface area contributed by atoms with E-state index in [0.29, 0.717) is 35.2 Å². The zero-order valence-corrected chi connectivity index (χ0v) is 34.4. The number of aromatic amines is 1. The molecule has 23 nitrogen and oxygen atoms in total. The van der Waals surface area contributed by atoms with Crippen LogP contribution in [-0.4, -0.2) is 101 Å². The van der Waals surface area contributed by atoms with Gasteiger partial charge in [-0.2, -0.15) is 4.31 Å². The van der Waals surface area contributed by atoms with Gasteiger partial charge in [-0.15, -0.1) is 0 Å². The number of H-pyrrole nitrogens is 1. The average Bonchev–Trinajstić information content (AvgIpc) is 3.83. The number of nitrogens with two attached hydrogens (primary N) is 1. The van der Waals surface area contributed by atoms with E-state index >= 15 is 0 Å². The van der Waals surface area contributed by atoms with Crippen molar-refractivity contribution in [2.45, 2.75) is 82.2 Å². The summed E-state index contributed by atoms with van der Waals surface area (Å²) in [5.41, 5.74) is 6.92. The number of aliphatic hydroxyl groups is 2. The quantitative estimate of drug-likeness (QED) is 0.0295. The molecule has 10 N–H and O–H groups in total. The predicted octanol–water partition coefficient (Wildman–Crippen LogP) is 0.185. The zero-order chi connectivity index (χ0) is 44.5. The van der Waals surface area contributed by atoms with Gasteiger partial charge in [-0.05, 0) is 49.1 Å². The minimum absolute atomic E-state index is 0.00763. The van der Waals surface area contributed by atoms with Crippen LogP contribution in [0.15, 0.2) is 53.6 Å². The molecule has 0 spiro atoms. The summed E-state index contributed by atoms with van der Waals surface area (Å²) in [6, 6.07) is 9.47. The molecule has 62 heavy (non-hydrogen) atoms. The number of rotatable bonds is 17. The molecule has 0 aliphatic carbocycles. The number of amides is 4. The topological polar surface area (TPSA) is 331 Å². The summed E-state index contributed by atoms with van der Waals surface area (Å²) in [5.74, 6) is -2.46. The summed E-state index contributed by atoms with van der Waals surface area (Å²) >= 11 is 0. The number of piperidine rings is 1. The number of benzene rings is 2. The molecule has 26 heteroatoms. The third-order valence-corrected chi connectivity index (χ3v) is 13.2. The summed E-state index contributed by atoms with van der Waals surface area (Å²) in [6.07, 6.45) is -3.74. The maximum atomic E-state index is 13.5. The number of imidazole rings is 1. The van der Waals surface area contributed by atoms with Crippen molar-refractivity contribution in [2.75, 3.05) is 24.2 Å². The van der Waals surface area contributed by atoms with E-state index in [-0.39, 0.29) is 74.2 Å². The summed E-state index contributed by atoms with van der Waals surface area (Å²) < 4.78 is 56.6. The molecule has 332 valence electrons. The standard InChI is InChI=1S/C36H42FN9O14P2/c37-20-10-8-19(9-11-20)15-44-18-46(31-28(44)33(52)43-36(38)42-31)35-30(50)29(49)25(59-35)17-58-62(56,57)60-61(54,55)39-14-3-1-2-7-26(47)40-23-6-4-5-21-22(23)16-45(34(21)53)24-12-13-27(48)41-32(24)51/h4-6,8-11,18,24-25,29-30,35,49-50H,1-3,7,12-17H2,(H7-,38,39,40,41,42,43,47,48,51,52,54,55,56,57)/p+1/t24?,25-,29-,30-,35-/m1/s1. The number of hydrogen-bond acceptors (Lipinski definition) is 14. The van der Waals surface area contributed by atoms with E-state index in [1.165, 1.54) is 44.6 Å². The van der Waals surface area contributed by atoms with E-state index in [0.717, 1.165) is 0 Å². The molecule has 7 atom stereocenters. The molecule has 3 aliphatic rings. The number of phosphoric acid groups is 1. The fraction of sp³-hybridized carbons (Fsp3) is 0.417. The van der Waals surface area contributed by atoms with Gasteiger partial charge in [0.2, 0.25) is 29.5 Å². The largest absolute Gasteiger partial charge is 0.480 e. The third kappa shape index (κ3) is 10.00. The van der Waals surface area contributed by atoms with Crippen LogP contribution in [-0.2, 0) is 50.2 Å². The van der Waals surface area contributed by atoms with Crippen molar-refractivity contribution < 1.29 is 70.8 Å². The number of aliphatic hydroxyl groups excluding tert-OH is 2. The molecule has 7 rings (SSSR count). The molecule has 2 aromatic carbocycles. The van der Waals surface area contributed by atoms with Gasteiger partial charge in [0.15, 0.2) is 6.33 Å². The molecule has 3 aliphatic heterocycles. The van der Waals surface area contributed by atoms with Crippen molar-refractivity contribution in [3.8, 4) is 0 Å². The van der Waals surface area contributed by atoms with Crippen molar-refractivity contribution in [1.29, 1.82) is 0 Å². The van der Waals surface area contributed by atoms with E-state index in [4.69, 9.17) is 15.0 Å². The maximum absolute atomic E-state index is 13.5. The van der Waals surface area contributed by atoms with Gasteiger partial charge < -0.3 is 40.7 Å². The number of phosphoric ester groups is 1. The highest BCUT2D eigenvalue weighted by atomic mass is 31.3. The summed E-state index contributed by atoms with van der Waals surface area (Å²) in [6.45, 7) is -0.961. The lowest BCUT2D eigenvalue weighted by molar-refractivity contribution is -0.745. The number of nitrogen functional groups attached to an aromatic ring is 1. The highest BCUT2D eigenvalue weighted by Crippen LogP contribution is 2.58. The van der Waals surface area contributed by atoms with Gasteiger partial charge in [-0.3, -0.25) is 43.4 Å². The van der Waals surface area contributed by atoms with Crippen molar-refractivity contribution in [3.63, 3.8) is 0 Å². The number of halogens is 1. The Morgan fingerprint density at radius 3 is 2.56 bits per heavy atom. The minimum atomic E-state index is -5.30. The molecule has 0 bridgehead atoms. The van der Waals surface area contributed by atoms with Crippen LogP contribution in [0, 0.1) is 5.82 Å². The SMILES string of the molecule is Nc1nc2c(c(=O)[nH]1)n(Cc1ccc(F)cc1)c[n+]2[C@@H]1O[C@H](COP(=O)(O)OP(=O)(O)NCCCCCC(=O)Nc2cccc3c2CN(C2CCC(=O)NC2=O)C3=O)[C@@H](O)[C@H]1O. The lowest BCUT2D eigenvalue weighted by atomic mass is 10.0. The first-order valence-electron chi connectivity index (χ1n) is 19.3. The molecule has 0 saturated carbocycles. The minimum Gasteiger partial charge on any atom is -0.387 e. The third-order valence-electron chi connectivity index (χ3n) is 10.4. The van der Waals surface area contributed by atoms with Gasteiger partial charge in [0.05, 0.1) is 13.2 Å². The monoisotopic (exact) mass is 906 g/mol. The molecule has 0 radical (unpaired) electrons. The zero-order valence-electron chi connectivity index (χ0n) is 32.6. The lowest BCUT2D eigenvalue weighted by Crippen LogP contribution is -2.52. The number of aromatic nitrogens is 4. The smallest absolute Gasteiger partial charge is 0.387 e. The van der Waals surface area contributed by atoms with Gasteiger partial charge in [0.25, 0.3) is 17.4 Å². The molecular formula is C36H43FN9O14P2+. The van der Waals surface area contributed by atoms with Crippen LogP contribution in [0.1, 0.15) is 66.2 Å². The Labute approximate surface area is 350 Å². The number of ether oxygens (including phenoxy) is 1. The van der Waals surface area contributed by atoms with Crippen molar-refractivity contribution in [3.05, 3.63) is 81.7 Å². The van der Waals surface area contributed by atoms with Crippen LogP contribution in [0.2, 0.25) is 0 Å². The Balaban J connectivity index is 0.859.